The summed E-state index contributed by atoms with van der Waals surface area (Å²) in [7, 11) is 0. The van der Waals surface area contributed by atoms with Crippen LogP contribution in [0.15, 0.2) is 72.9 Å². The number of likely N-dealkylation sites (tertiary alicyclic amines) is 1. The van der Waals surface area contributed by atoms with Gasteiger partial charge in [0, 0.05) is 52.4 Å². The van der Waals surface area contributed by atoms with E-state index in [-0.39, 0.29) is 18.6 Å². The van der Waals surface area contributed by atoms with E-state index in [1.54, 1.807) is 30.5 Å². The van der Waals surface area contributed by atoms with Crippen molar-refractivity contribution in [2.45, 2.75) is 57.9 Å². The number of imidazole rings is 1. The maximum Gasteiger partial charge on any atom is 0.257 e. The first-order valence-corrected chi connectivity index (χ1v) is 16.4. The SMILES string of the molecule is Cc1ccc(C(=O)Nc2ccc3c(c2)nc(CN2CCC(c4cccc(OCc5ccc(Cl)cc5F)n4)CC2)n3CC2CCO2)cn1. The molecule has 2 saturated heterocycles. The highest BCUT2D eigenvalue weighted by atomic mass is 35.5. The molecule has 47 heavy (non-hydrogen) atoms. The van der Waals surface area contributed by atoms with E-state index in [0.717, 1.165) is 73.7 Å². The number of anilines is 1. The van der Waals surface area contributed by atoms with Gasteiger partial charge in [0.15, 0.2) is 0 Å². The van der Waals surface area contributed by atoms with Gasteiger partial charge in [0.1, 0.15) is 18.2 Å². The van der Waals surface area contributed by atoms with Crippen molar-refractivity contribution in [3.05, 3.63) is 112 Å². The van der Waals surface area contributed by atoms with E-state index in [0.29, 0.717) is 40.2 Å². The van der Waals surface area contributed by atoms with E-state index in [9.17, 15) is 9.18 Å². The number of nitrogens with one attached hydrogen (secondary N) is 1. The molecule has 9 nitrogen and oxygen atoms in total. The number of pyridine rings is 2. The van der Waals surface area contributed by atoms with Crippen LogP contribution in [0, 0.1) is 12.7 Å². The number of nitrogens with zero attached hydrogens (tertiary/aromatic N) is 5. The molecule has 3 aromatic heterocycles. The van der Waals surface area contributed by atoms with Crippen LogP contribution >= 0.6 is 11.6 Å². The second-order valence-corrected chi connectivity index (χ2v) is 12.7. The molecule has 242 valence electrons. The zero-order chi connectivity index (χ0) is 32.3. The Hall–Kier alpha value is -4.38. The van der Waals surface area contributed by atoms with Gasteiger partial charge in [-0.25, -0.2) is 14.4 Å². The van der Waals surface area contributed by atoms with Gasteiger partial charge < -0.3 is 19.4 Å². The normalized spacial score (nSPS) is 17.0. The van der Waals surface area contributed by atoms with Crippen LogP contribution in [0.25, 0.3) is 11.0 Å². The number of aryl methyl sites for hydroxylation is 1. The van der Waals surface area contributed by atoms with Crippen molar-refractivity contribution in [1.29, 1.82) is 0 Å². The van der Waals surface area contributed by atoms with Crippen molar-refractivity contribution in [2.75, 3.05) is 25.0 Å². The summed E-state index contributed by atoms with van der Waals surface area (Å²) >= 11 is 5.87. The number of fused-ring (bicyclic) bond motifs is 1. The van der Waals surface area contributed by atoms with Crippen molar-refractivity contribution in [3.63, 3.8) is 0 Å². The lowest BCUT2D eigenvalue weighted by molar-refractivity contribution is -0.0592. The lowest BCUT2D eigenvalue weighted by Gasteiger charge is -2.32. The molecule has 1 unspecified atom stereocenters. The summed E-state index contributed by atoms with van der Waals surface area (Å²) in [6, 6.07) is 19.9. The number of hydrogen-bond acceptors (Lipinski definition) is 7. The van der Waals surface area contributed by atoms with Crippen molar-refractivity contribution < 1.29 is 18.7 Å². The maximum atomic E-state index is 14.2. The van der Waals surface area contributed by atoms with Crippen molar-refractivity contribution in [2.24, 2.45) is 0 Å². The van der Waals surface area contributed by atoms with E-state index in [1.807, 2.05) is 43.3 Å². The highest BCUT2D eigenvalue weighted by Gasteiger charge is 2.26. The van der Waals surface area contributed by atoms with Crippen LogP contribution in [0.4, 0.5) is 10.1 Å². The van der Waals surface area contributed by atoms with E-state index < -0.39 is 5.82 Å². The van der Waals surface area contributed by atoms with E-state index in [2.05, 4.69) is 19.8 Å². The number of benzene rings is 2. The average molecular weight is 655 g/mol. The summed E-state index contributed by atoms with van der Waals surface area (Å²) in [6.45, 7) is 6.05. The predicted octanol–water partition coefficient (Wildman–Crippen LogP) is 6.93. The lowest BCUT2D eigenvalue weighted by Crippen LogP contribution is -2.35. The Morgan fingerprint density at radius 2 is 1.91 bits per heavy atom. The Kier molecular flexibility index (Phi) is 9.15. The Morgan fingerprint density at radius 3 is 2.66 bits per heavy atom. The minimum Gasteiger partial charge on any atom is -0.473 e. The lowest BCUT2D eigenvalue weighted by atomic mass is 9.93. The molecule has 2 aliphatic rings. The maximum absolute atomic E-state index is 14.2. The van der Waals surface area contributed by atoms with Gasteiger partial charge in [0.2, 0.25) is 5.88 Å². The first-order valence-electron chi connectivity index (χ1n) is 16.0. The third kappa shape index (κ3) is 7.30. The van der Waals surface area contributed by atoms with Crippen LogP contribution in [0.3, 0.4) is 0 Å². The molecule has 2 aromatic carbocycles. The van der Waals surface area contributed by atoms with Gasteiger partial charge in [-0.15, -0.1) is 0 Å². The third-order valence-corrected chi connectivity index (χ3v) is 9.18. The first-order chi connectivity index (χ1) is 22.9. The minimum atomic E-state index is -0.391. The first kappa shape index (κ1) is 31.2. The van der Waals surface area contributed by atoms with Gasteiger partial charge in [-0.2, -0.15) is 0 Å². The smallest absolute Gasteiger partial charge is 0.257 e. The molecule has 2 fully saturated rings. The fourth-order valence-electron chi connectivity index (χ4n) is 6.14. The summed E-state index contributed by atoms with van der Waals surface area (Å²) in [6.07, 6.45) is 4.72. The summed E-state index contributed by atoms with van der Waals surface area (Å²) in [5.74, 6) is 1.18. The molecule has 2 aliphatic heterocycles. The number of carbonyl (C=O) groups is 1. The zero-order valence-electron chi connectivity index (χ0n) is 26.2. The monoisotopic (exact) mass is 654 g/mol. The Labute approximate surface area is 277 Å². The number of rotatable bonds is 10. The van der Waals surface area contributed by atoms with Crippen LogP contribution in [0.2, 0.25) is 5.02 Å². The number of halogens is 2. The van der Waals surface area contributed by atoms with Crippen LogP contribution in [0.1, 0.15) is 58.3 Å². The molecular formula is C36H36ClFN6O3. The molecular weight excluding hydrogens is 619 g/mol. The molecule has 5 heterocycles. The fraction of sp³-hybridized carbons (Fsp3) is 0.333. The standard InChI is InChI=1S/C36H36ClFN6O3/c1-23-5-6-25(19-39-23)36(45)40-28-9-10-33-32(18-28)41-34(44(33)20-29-13-16-46-29)21-43-14-11-24(12-15-43)31-3-2-4-35(42-31)47-22-26-7-8-27(37)17-30(26)38/h2-10,17-19,24,29H,11-16,20-22H2,1H3,(H,40,45). The van der Waals surface area contributed by atoms with Crippen molar-refractivity contribution in [1.82, 2.24) is 24.4 Å². The van der Waals surface area contributed by atoms with Gasteiger partial charge in [-0.05, 0) is 87.8 Å². The van der Waals surface area contributed by atoms with Gasteiger partial charge in [-0.3, -0.25) is 14.7 Å². The number of hydrogen-bond donors (Lipinski definition) is 1. The average Bonchev–Trinajstić information content (AvgIpc) is 3.38. The van der Waals surface area contributed by atoms with Gasteiger partial charge >= 0.3 is 0 Å². The number of carbonyl (C=O) groups excluding carboxylic acids is 1. The molecule has 0 radical (unpaired) electrons. The predicted molar refractivity (Wildman–Crippen MR) is 178 cm³/mol. The number of amides is 1. The molecule has 1 N–H and O–H groups in total. The van der Waals surface area contributed by atoms with Gasteiger partial charge in [-0.1, -0.05) is 23.7 Å². The van der Waals surface area contributed by atoms with Crippen LogP contribution in [-0.4, -0.2) is 56.1 Å². The fourth-order valence-corrected chi connectivity index (χ4v) is 6.29. The Bertz CT molecular complexity index is 1890. The number of aromatic nitrogens is 4. The largest absolute Gasteiger partial charge is 0.473 e. The quantitative estimate of drug-likeness (QED) is 0.175. The highest BCUT2D eigenvalue weighted by molar-refractivity contribution is 6.30. The summed E-state index contributed by atoms with van der Waals surface area (Å²) < 4.78 is 28.1. The van der Waals surface area contributed by atoms with Crippen LogP contribution in [-0.2, 0) is 24.4 Å². The molecule has 11 heteroatoms. The minimum absolute atomic E-state index is 0.0862. The second-order valence-electron chi connectivity index (χ2n) is 12.2. The van der Waals surface area contributed by atoms with Crippen molar-refractivity contribution >= 4 is 34.2 Å². The molecule has 0 bridgehead atoms. The zero-order valence-corrected chi connectivity index (χ0v) is 26.9. The Morgan fingerprint density at radius 1 is 1.06 bits per heavy atom. The third-order valence-electron chi connectivity index (χ3n) is 8.94. The molecule has 7 rings (SSSR count). The number of piperidine rings is 1. The van der Waals surface area contributed by atoms with Crippen molar-refractivity contribution in [3.8, 4) is 5.88 Å². The molecule has 5 aromatic rings. The van der Waals surface area contributed by atoms with Gasteiger partial charge in [0.25, 0.3) is 5.91 Å². The molecule has 0 saturated carbocycles. The summed E-state index contributed by atoms with van der Waals surface area (Å²) in [5, 5.41) is 3.34. The molecule has 1 amide bonds. The summed E-state index contributed by atoms with van der Waals surface area (Å²) in [5.41, 5.74) is 5.36. The molecule has 0 spiro atoms. The van der Waals surface area contributed by atoms with E-state index in [1.165, 1.54) is 6.07 Å². The topological polar surface area (TPSA) is 94.4 Å². The van der Waals surface area contributed by atoms with E-state index in [4.69, 9.17) is 31.0 Å². The molecule has 0 aliphatic carbocycles. The summed E-state index contributed by atoms with van der Waals surface area (Å²) in [4.78, 5) is 29.3. The Balaban J connectivity index is 1.01. The number of ether oxygens (including phenoxy) is 2. The second kappa shape index (κ2) is 13.8. The van der Waals surface area contributed by atoms with Crippen LogP contribution in [0.5, 0.6) is 5.88 Å². The van der Waals surface area contributed by atoms with E-state index >= 15 is 0 Å². The van der Waals surface area contributed by atoms with Crippen LogP contribution < -0.4 is 10.1 Å². The van der Waals surface area contributed by atoms with Gasteiger partial charge in [0.05, 0.1) is 35.8 Å². The molecule has 1 atom stereocenters. The highest BCUT2D eigenvalue weighted by Crippen LogP contribution is 2.30.